The van der Waals surface area contributed by atoms with E-state index in [9.17, 15) is 4.79 Å². The van der Waals surface area contributed by atoms with Gasteiger partial charge in [0.1, 0.15) is 0 Å². The maximum absolute atomic E-state index is 11.4. The lowest BCUT2D eigenvalue weighted by molar-refractivity contribution is 0.0988. The number of rotatable bonds is 3. The number of carbonyl (C=O) groups excluding carboxylic acids is 1. The summed E-state index contributed by atoms with van der Waals surface area (Å²) in [6, 6.07) is 5.68. The highest BCUT2D eigenvalue weighted by atomic mass is 35.5. The SMILES string of the molecule is CCC(=O)c1ccc(C(C)C)cc1Cl. The van der Waals surface area contributed by atoms with Gasteiger partial charge in [-0.2, -0.15) is 0 Å². The standard InChI is InChI=1S/C12H15ClO/c1-4-12(14)10-6-5-9(8(2)3)7-11(10)13/h5-8H,4H2,1-3H3. The van der Waals surface area contributed by atoms with Gasteiger partial charge in [-0.05, 0) is 23.6 Å². The Hall–Kier alpha value is -0.820. The zero-order valence-corrected chi connectivity index (χ0v) is 9.56. The summed E-state index contributed by atoms with van der Waals surface area (Å²) in [5.41, 5.74) is 1.81. The molecule has 1 aromatic rings. The summed E-state index contributed by atoms with van der Waals surface area (Å²) < 4.78 is 0. The Kier molecular flexibility index (Phi) is 3.70. The minimum Gasteiger partial charge on any atom is -0.294 e. The number of carbonyl (C=O) groups is 1. The van der Waals surface area contributed by atoms with Crippen LogP contribution in [0.25, 0.3) is 0 Å². The number of ketones is 1. The van der Waals surface area contributed by atoms with Crippen molar-refractivity contribution in [3.05, 3.63) is 34.3 Å². The smallest absolute Gasteiger partial charge is 0.164 e. The number of hydrogen-bond acceptors (Lipinski definition) is 1. The quantitative estimate of drug-likeness (QED) is 0.688. The molecule has 0 bridgehead atoms. The van der Waals surface area contributed by atoms with Gasteiger partial charge in [0.2, 0.25) is 0 Å². The zero-order chi connectivity index (χ0) is 10.7. The van der Waals surface area contributed by atoms with Crippen LogP contribution in [0.3, 0.4) is 0 Å². The lowest BCUT2D eigenvalue weighted by atomic mass is 10.00. The Labute approximate surface area is 90.1 Å². The monoisotopic (exact) mass is 210 g/mol. The Morgan fingerprint density at radius 3 is 2.50 bits per heavy atom. The van der Waals surface area contributed by atoms with E-state index in [1.54, 1.807) is 0 Å². The fourth-order valence-electron chi connectivity index (χ4n) is 1.31. The molecule has 0 aliphatic heterocycles. The Morgan fingerprint density at radius 1 is 1.43 bits per heavy atom. The number of hydrogen-bond donors (Lipinski definition) is 0. The Bertz CT molecular complexity index is 342. The normalized spacial score (nSPS) is 10.6. The summed E-state index contributed by atoms with van der Waals surface area (Å²) in [7, 11) is 0. The molecular formula is C12H15ClO. The van der Waals surface area contributed by atoms with Gasteiger partial charge in [0, 0.05) is 12.0 Å². The van der Waals surface area contributed by atoms with Gasteiger partial charge in [0.15, 0.2) is 5.78 Å². The van der Waals surface area contributed by atoms with Crippen molar-refractivity contribution in [3.63, 3.8) is 0 Å². The molecule has 0 amide bonds. The van der Waals surface area contributed by atoms with Crippen LogP contribution in [0.2, 0.25) is 5.02 Å². The summed E-state index contributed by atoms with van der Waals surface area (Å²) in [5, 5.41) is 0.572. The average Bonchev–Trinajstić information content (AvgIpc) is 2.16. The molecule has 0 N–H and O–H groups in total. The van der Waals surface area contributed by atoms with Gasteiger partial charge in [-0.25, -0.2) is 0 Å². The van der Waals surface area contributed by atoms with Crippen LogP contribution in [-0.2, 0) is 0 Å². The van der Waals surface area contributed by atoms with Gasteiger partial charge in [-0.3, -0.25) is 4.79 Å². The summed E-state index contributed by atoms with van der Waals surface area (Å²) in [5.74, 6) is 0.545. The van der Waals surface area contributed by atoms with Crippen molar-refractivity contribution in [2.45, 2.75) is 33.1 Å². The van der Waals surface area contributed by atoms with Crippen LogP contribution in [0.4, 0.5) is 0 Å². The summed E-state index contributed by atoms with van der Waals surface area (Å²) in [6.07, 6.45) is 0.501. The molecule has 0 aliphatic carbocycles. The molecule has 1 aromatic carbocycles. The maximum Gasteiger partial charge on any atom is 0.164 e. The second-order valence-corrected chi connectivity index (χ2v) is 4.08. The second kappa shape index (κ2) is 4.61. The van der Waals surface area contributed by atoms with Crippen molar-refractivity contribution in [1.29, 1.82) is 0 Å². The first-order valence-electron chi connectivity index (χ1n) is 4.89. The van der Waals surface area contributed by atoms with Crippen LogP contribution in [0.15, 0.2) is 18.2 Å². The zero-order valence-electron chi connectivity index (χ0n) is 8.80. The molecule has 2 heteroatoms. The highest BCUT2D eigenvalue weighted by molar-refractivity contribution is 6.34. The van der Waals surface area contributed by atoms with Crippen molar-refractivity contribution >= 4 is 17.4 Å². The van der Waals surface area contributed by atoms with E-state index in [0.29, 0.717) is 22.9 Å². The van der Waals surface area contributed by atoms with Crippen molar-refractivity contribution in [2.75, 3.05) is 0 Å². The van der Waals surface area contributed by atoms with E-state index in [0.717, 1.165) is 0 Å². The molecular weight excluding hydrogens is 196 g/mol. The van der Waals surface area contributed by atoms with E-state index in [-0.39, 0.29) is 5.78 Å². The van der Waals surface area contributed by atoms with E-state index in [2.05, 4.69) is 13.8 Å². The van der Waals surface area contributed by atoms with Gasteiger partial charge in [-0.15, -0.1) is 0 Å². The third-order valence-corrected chi connectivity index (χ3v) is 2.59. The van der Waals surface area contributed by atoms with Gasteiger partial charge in [0.05, 0.1) is 5.02 Å². The molecule has 0 radical (unpaired) electrons. The average molecular weight is 211 g/mol. The largest absolute Gasteiger partial charge is 0.294 e. The highest BCUT2D eigenvalue weighted by Crippen LogP contribution is 2.23. The first-order chi connectivity index (χ1) is 6.56. The van der Waals surface area contributed by atoms with Crippen LogP contribution >= 0.6 is 11.6 Å². The fourth-order valence-corrected chi connectivity index (χ4v) is 1.60. The molecule has 0 heterocycles. The topological polar surface area (TPSA) is 17.1 Å². The maximum atomic E-state index is 11.4. The third-order valence-electron chi connectivity index (χ3n) is 2.28. The molecule has 0 spiro atoms. The Balaban J connectivity index is 3.07. The van der Waals surface area contributed by atoms with Crippen LogP contribution in [0, 0.1) is 0 Å². The molecule has 0 aliphatic rings. The molecule has 1 rings (SSSR count). The summed E-state index contributed by atoms with van der Waals surface area (Å²) >= 11 is 6.03. The van der Waals surface area contributed by atoms with Crippen LogP contribution in [0.1, 0.15) is 49.0 Å². The van der Waals surface area contributed by atoms with Crippen LogP contribution < -0.4 is 0 Å². The van der Waals surface area contributed by atoms with E-state index in [4.69, 9.17) is 11.6 Å². The predicted molar refractivity (Wildman–Crippen MR) is 60.2 cm³/mol. The van der Waals surface area contributed by atoms with Gasteiger partial charge >= 0.3 is 0 Å². The molecule has 0 saturated carbocycles. The van der Waals surface area contributed by atoms with E-state index < -0.39 is 0 Å². The number of benzene rings is 1. The molecule has 0 aromatic heterocycles. The number of halogens is 1. The van der Waals surface area contributed by atoms with Crippen molar-refractivity contribution in [2.24, 2.45) is 0 Å². The van der Waals surface area contributed by atoms with E-state index in [1.807, 2.05) is 25.1 Å². The third kappa shape index (κ3) is 2.36. The first-order valence-corrected chi connectivity index (χ1v) is 5.26. The lowest BCUT2D eigenvalue weighted by Gasteiger charge is -2.08. The molecule has 0 atom stereocenters. The van der Waals surface area contributed by atoms with Gasteiger partial charge in [0.25, 0.3) is 0 Å². The molecule has 0 saturated heterocycles. The van der Waals surface area contributed by atoms with Crippen molar-refractivity contribution < 1.29 is 4.79 Å². The van der Waals surface area contributed by atoms with Crippen LogP contribution in [0.5, 0.6) is 0 Å². The molecule has 0 fully saturated rings. The first kappa shape index (κ1) is 11.3. The number of Topliss-reactive ketones (excluding diaryl/α,β-unsaturated/α-hetero) is 1. The second-order valence-electron chi connectivity index (χ2n) is 3.67. The van der Waals surface area contributed by atoms with E-state index in [1.165, 1.54) is 5.56 Å². The lowest BCUT2D eigenvalue weighted by Crippen LogP contribution is -1.98. The van der Waals surface area contributed by atoms with Gasteiger partial charge < -0.3 is 0 Å². The minimum absolute atomic E-state index is 0.102. The Morgan fingerprint density at radius 2 is 2.07 bits per heavy atom. The summed E-state index contributed by atoms with van der Waals surface area (Å²) in [6.45, 7) is 6.05. The predicted octanol–water partition coefficient (Wildman–Crippen LogP) is 4.06. The molecule has 1 nitrogen and oxygen atoms in total. The molecule has 14 heavy (non-hydrogen) atoms. The van der Waals surface area contributed by atoms with Gasteiger partial charge in [-0.1, -0.05) is 38.4 Å². The van der Waals surface area contributed by atoms with Crippen LogP contribution in [-0.4, -0.2) is 5.78 Å². The van der Waals surface area contributed by atoms with E-state index >= 15 is 0 Å². The summed E-state index contributed by atoms with van der Waals surface area (Å²) in [4.78, 5) is 11.4. The molecule has 0 unspecified atom stereocenters. The fraction of sp³-hybridized carbons (Fsp3) is 0.417. The van der Waals surface area contributed by atoms with Crippen molar-refractivity contribution in [3.8, 4) is 0 Å². The minimum atomic E-state index is 0.102. The van der Waals surface area contributed by atoms with Crippen molar-refractivity contribution in [1.82, 2.24) is 0 Å². The highest BCUT2D eigenvalue weighted by Gasteiger charge is 2.09. The molecule has 76 valence electrons.